The summed E-state index contributed by atoms with van der Waals surface area (Å²) in [7, 11) is 0. The van der Waals surface area contributed by atoms with Crippen molar-refractivity contribution in [2.75, 3.05) is 6.54 Å². The van der Waals surface area contributed by atoms with E-state index in [2.05, 4.69) is 5.16 Å². The Kier molecular flexibility index (Phi) is 5.09. The van der Waals surface area contributed by atoms with Crippen molar-refractivity contribution in [3.63, 3.8) is 0 Å². The highest BCUT2D eigenvalue weighted by Gasteiger charge is 2.27. The molecule has 0 radical (unpaired) electrons. The maximum absolute atomic E-state index is 13.2. The average molecular weight is 382 g/mol. The quantitative estimate of drug-likeness (QED) is 0.720. The summed E-state index contributed by atoms with van der Waals surface area (Å²) < 4.78 is 7.20. The molecule has 3 aromatic rings. The lowest BCUT2D eigenvalue weighted by atomic mass is 9.85. The molecule has 25 heavy (non-hydrogen) atoms. The summed E-state index contributed by atoms with van der Waals surface area (Å²) in [5, 5.41) is 6.01. The second-order valence-electron chi connectivity index (χ2n) is 6.69. The lowest BCUT2D eigenvalue weighted by Crippen LogP contribution is -2.31. The van der Waals surface area contributed by atoms with Gasteiger partial charge in [0.2, 0.25) is 0 Å². The van der Waals surface area contributed by atoms with E-state index < -0.39 is 0 Å². The van der Waals surface area contributed by atoms with Gasteiger partial charge in [0.15, 0.2) is 0 Å². The van der Waals surface area contributed by atoms with Crippen LogP contribution in [0.25, 0.3) is 21.8 Å². The molecule has 1 saturated carbocycles. The molecule has 0 amide bonds. The first kappa shape index (κ1) is 18.2. The van der Waals surface area contributed by atoms with Crippen LogP contribution in [0.5, 0.6) is 0 Å². The highest BCUT2D eigenvalue weighted by Crippen LogP contribution is 2.36. The van der Waals surface area contributed by atoms with Crippen molar-refractivity contribution in [1.82, 2.24) is 9.72 Å². The molecule has 0 unspecified atom stereocenters. The highest BCUT2D eigenvalue weighted by molar-refractivity contribution is 6.37. The molecule has 1 aliphatic rings. The lowest BCUT2D eigenvalue weighted by Gasteiger charge is -2.30. The van der Waals surface area contributed by atoms with E-state index in [0.717, 1.165) is 36.6 Å². The Morgan fingerprint density at radius 1 is 1.36 bits per heavy atom. The summed E-state index contributed by atoms with van der Waals surface area (Å²) in [6.45, 7) is 2.44. The van der Waals surface area contributed by atoms with Crippen LogP contribution in [0.15, 0.2) is 27.5 Å². The number of nitrogens with two attached hydrogens (primary N) is 1. The third-order valence-corrected chi connectivity index (χ3v) is 5.55. The second kappa shape index (κ2) is 6.98. The Hall–Kier alpha value is -1.56. The molecule has 0 spiro atoms. The van der Waals surface area contributed by atoms with Crippen LogP contribution in [0.4, 0.5) is 0 Å². The summed E-state index contributed by atoms with van der Waals surface area (Å²) in [6, 6.07) is 5.78. The van der Waals surface area contributed by atoms with Gasteiger partial charge < -0.3 is 14.8 Å². The van der Waals surface area contributed by atoms with E-state index in [0.29, 0.717) is 34.1 Å². The van der Waals surface area contributed by atoms with Crippen molar-refractivity contribution >= 4 is 45.8 Å². The van der Waals surface area contributed by atoms with Crippen LogP contribution in [-0.2, 0) is 0 Å². The van der Waals surface area contributed by atoms with Gasteiger partial charge in [-0.25, -0.2) is 0 Å². The van der Waals surface area contributed by atoms with Gasteiger partial charge in [0.05, 0.1) is 10.5 Å². The molecule has 0 aliphatic heterocycles. The molecule has 2 atom stereocenters. The molecule has 4 rings (SSSR count). The Balaban J connectivity index is 0.00000182. The Labute approximate surface area is 156 Å². The molecular formula is C18H21Cl2N3O2. The average Bonchev–Trinajstić information content (AvgIpc) is 2.97. The second-order valence-corrected chi connectivity index (χ2v) is 7.10. The summed E-state index contributed by atoms with van der Waals surface area (Å²) in [6.07, 6.45) is 4.12. The standard InChI is InChI=1S/C18H20ClN3O2.ClH/c1-10-15-17(21-24-10)16-13(19)6-3-7-14(16)22(18(15)23)12-5-2-4-11(8-12)9-20;/h3,6-7,11-12H,2,4-5,8-9,20H2,1H3;1H/t11-,12-;/m1./s1. The van der Waals surface area contributed by atoms with E-state index in [-0.39, 0.29) is 24.0 Å². The van der Waals surface area contributed by atoms with Gasteiger partial charge in [-0.05, 0) is 50.8 Å². The zero-order chi connectivity index (χ0) is 16.8. The zero-order valence-electron chi connectivity index (χ0n) is 14.0. The lowest BCUT2D eigenvalue weighted by molar-refractivity contribution is 0.273. The van der Waals surface area contributed by atoms with E-state index in [4.69, 9.17) is 21.9 Å². The monoisotopic (exact) mass is 381 g/mol. The highest BCUT2D eigenvalue weighted by atomic mass is 35.5. The minimum absolute atomic E-state index is 0. The zero-order valence-corrected chi connectivity index (χ0v) is 15.6. The molecule has 2 heterocycles. The van der Waals surface area contributed by atoms with Gasteiger partial charge in [0.25, 0.3) is 5.56 Å². The van der Waals surface area contributed by atoms with Crippen molar-refractivity contribution in [1.29, 1.82) is 0 Å². The predicted molar refractivity (Wildman–Crippen MR) is 103 cm³/mol. The molecule has 7 heteroatoms. The Bertz CT molecular complexity index is 980. The van der Waals surface area contributed by atoms with Crippen molar-refractivity contribution in [2.45, 2.75) is 38.6 Å². The van der Waals surface area contributed by atoms with Gasteiger partial charge in [0.1, 0.15) is 16.7 Å². The Morgan fingerprint density at radius 2 is 2.16 bits per heavy atom. The first-order valence-electron chi connectivity index (χ1n) is 8.40. The molecule has 2 N–H and O–H groups in total. The fraction of sp³-hybridized carbons (Fsp3) is 0.444. The number of nitrogens with zero attached hydrogens (tertiary/aromatic N) is 2. The number of fused-ring (bicyclic) bond motifs is 3. The number of pyridine rings is 1. The van der Waals surface area contributed by atoms with Gasteiger partial charge in [-0.1, -0.05) is 29.2 Å². The summed E-state index contributed by atoms with van der Waals surface area (Å²) in [4.78, 5) is 13.2. The first-order chi connectivity index (χ1) is 11.6. The number of aromatic nitrogens is 2. The van der Waals surface area contributed by atoms with Crippen LogP contribution < -0.4 is 11.3 Å². The number of halogens is 2. The third-order valence-electron chi connectivity index (χ3n) is 5.24. The van der Waals surface area contributed by atoms with Crippen LogP contribution in [0, 0.1) is 12.8 Å². The van der Waals surface area contributed by atoms with E-state index >= 15 is 0 Å². The van der Waals surface area contributed by atoms with Gasteiger partial charge in [-0.2, -0.15) is 0 Å². The number of hydrogen-bond donors (Lipinski definition) is 1. The molecule has 134 valence electrons. The fourth-order valence-electron chi connectivity index (χ4n) is 4.05. The van der Waals surface area contributed by atoms with Gasteiger partial charge in [0, 0.05) is 11.4 Å². The van der Waals surface area contributed by atoms with Crippen molar-refractivity contribution in [3.8, 4) is 0 Å². The van der Waals surface area contributed by atoms with Gasteiger partial charge in [-0.15, -0.1) is 12.4 Å². The summed E-state index contributed by atoms with van der Waals surface area (Å²) in [5.74, 6) is 1.00. The van der Waals surface area contributed by atoms with Crippen LogP contribution in [0.2, 0.25) is 5.02 Å². The summed E-state index contributed by atoms with van der Waals surface area (Å²) in [5.41, 5.74) is 7.23. The van der Waals surface area contributed by atoms with E-state index in [1.165, 1.54) is 0 Å². The van der Waals surface area contributed by atoms with E-state index in [9.17, 15) is 4.79 Å². The Morgan fingerprint density at radius 3 is 2.92 bits per heavy atom. The van der Waals surface area contributed by atoms with Gasteiger partial charge in [-0.3, -0.25) is 4.79 Å². The molecule has 2 aromatic heterocycles. The maximum atomic E-state index is 13.2. The van der Waals surface area contributed by atoms with Crippen molar-refractivity contribution in [2.24, 2.45) is 11.7 Å². The SMILES string of the molecule is Cc1onc2c1c(=O)n([C@@H]1CCC[C@@H](CN)C1)c1cccc(Cl)c21.Cl. The van der Waals surface area contributed by atoms with Crippen LogP contribution >= 0.6 is 24.0 Å². The smallest absolute Gasteiger partial charge is 0.264 e. The minimum Gasteiger partial charge on any atom is -0.360 e. The maximum Gasteiger partial charge on any atom is 0.264 e. The fourth-order valence-corrected chi connectivity index (χ4v) is 4.31. The van der Waals surface area contributed by atoms with E-state index in [1.807, 2.05) is 22.8 Å². The molecule has 0 saturated heterocycles. The summed E-state index contributed by atoms with van der Waals surface area (Å²) >= 11 is 6.45. The largest absolute Gasteiger partial charge is 0.360 e. The number of hydrogen-bond acceptors (Lipinski definition) is 4. The predicted octanol–water partition coefficient (Wildman–Crippen LogP) is 4.22. The topological polar surface area (TPSA) is 74.0 Å². The molecule has 0 bridgehead atoms. The van der Waals surface area contributed by atoms with Crippen LogP contribution in [-0.4, -0.2) is 16.3 Å². The molecule has 1 aliphatic carbocycles. The minimum atomic E-state index is -0.0406. The molecule has 1 aromatic carbocycles. The number of aryl methyl sites for hydroxylation is 1. The number of benzene rings is 1. The van der Waals surface area contributed by atoms with Crippen molar-refractivity contribution < 1.29 is 4.52 Å². The molecule has 5 nitrogen and oxygen atoms in total. The first-order valence-corrected chi connectivity index (χ1v) is 8.78. The van der Waals surface area contributed by atoms with E-state index in [1.54, 1.807) is 6.92 Å². The van der Waals surface area contributed by atoms with Crippen LogP contribution in [0.3, 0.4) is 0 Å². The number of rotatable bonds is 2. The third kappa shape index (κ3) is 2.84. The van der Waals surface area contributed by atoms with Crippen LogP contribution in [0.1, 0.15) is 37.5 Å². The normalized spacial score (nSPS) is 20.8. The molecular weight excluding hydrogens is 361 g/mol. The van der Waals surface area contributed by atoms with Crippen molar-refractivity contribution in [3.05, 3.63) is 39.3 Å². The molecule has 1 fully saturated rings. The van der Waals surface area contributed by atoms with Gasteiger partial charge >= 0.3 is 0 Å².